The molecule has 0 saturated heterocycles. The van der Waals surface area contributed by atoms with E-state index in [4.69, 9.17) is 0 Å². The van der Waals surface area contributed by atoms with Crippen LogP contribution < -0.4 is 5.32 Å². The van der Waals surface area contributed by atoms with E-state index < -0.39 is 18.1 Å². The Kier molecular flexibility index (Phi) is 4.58. The molecule has 0 aliphatic heterocycles. The molecular weight excluding hydrogens is 259 g/mol. The second-order valence-electron chi connectivity index (χ2n) is 4.03. The van der Waals surface area contributed by atoms with Crippen LogP contribution in [0, 0.1) is 0 Å². The minimum absolute atomic E-state index is 0.0366. The fraction of sp³-hybridized carbons (Fsp3) is 0.308. The Morgan fingerprint density at radius 1 is 1.53 bits per heavy atom. The summed E-state index contributed by atoms with van der Waals surface area (Å²) < 4.78 is 36.5. The van der Waals surface area contributed by atoms with Gasteiger partial charge >= 0.3 is 12.1 Å². The number of benzene rings is 1. The summed E-state index contributed by atoms with van der Waals surface area (Å²) in [5.74, 6) is -2.04. The highest BCUT2D eigenvalue weighted by Gasteiger charge is 2.39. The van der Waals surface area contributed by atoms with Gasteiger partial charge in [-0.1, -0.05) is 18.2 Å². The molecule has 0 heterocycles. The number of amides is 1. The van der Waals surface area contributed by atoms with Crippen LogP contribution in [0.2, 0.25) is 0 Å². The standard InChI is InChI=1S/C13H14F3NO2/c1-3-5-10-9(6-4-7-11(10)18)8(2)17-12(19)13(14,15)16/h3-4,6-8,18H,1,5H2,2H3,(H,17,19)/t8-/m1/s1. The van der Waals surface area contributed by atoms with Gasteiger partial charge in [-0.15, -0.1) is 6.58 Å². The Balaban J connectivity index is 3.00. The fourth-order valence-corrected chi connectivity index (χ4v) is 1.72. The second kappa shape index (κ2) is 5.77. The number of allylic oxidation sites excluding steroid dienone is 1. The van der Waals surface area contributed by atoms with E-state index in [9.17, 15) is 23.1 Å². The van der Waals surface area contributed by atoms with Crippen molar-refractivity contribution >= 4 is 5.91 Å². The van der Waals surface area contributed by atoms with Gasteiger partial charge in [0, 0.05) is 5.56 Å². The highest BCUT2D eigenvalue weighted by atomic mass is 19.4. The van der Waals surface area contributed by atoms with E-state index in [1.54, 1.807) is 6.07 Å². The first-order valence-corrected chi connectivity index (χ1v) is 5.56. The van der Waals surface area contributed by atoms with Gasteiger partial charge < -0.3 is 10.4 Å². The largest absolute Gasteiger partial charge is 0.508 e. The number of carbonyl (C=O) groups is 1. The minimum atomic E-state index is -4.93. The molecule has 1 aromatic carbocycles. The van der Waals surface area contributed by atoms with Gasteiger partial charge in [0.2, 0.25) is 0 Å². The van der Waals surface area contributed by atoms with Crippen molar-refractivity contribution in [3.8, 4) is 5.75 Å². The van der Waals surface area contributed by atoms with Crippen molar-refractivity contribution in [3.63, 3.8) is 0 Å². The molecular formula is C13H14F3NO2. The molecule has 0 spiro atoms. The van der Waals surface area contributed by atoms with Crippen LogP contribution in [0.1, 0.15) is 24.1 Å². The van der Waals surface area contributed by atoms with Crippen LogP contribution in [0.15, 0.2) is 30.9 Å². The minimum Gasteiger partial charge on any atom is -0.508 e. The molecule has 3 nitrogen and oxygen atoms in total. The summed E-state index contributed by atoms with van der Waals surface area (Å²) in [7, 11) is 0. The first kappa shape index (κ1) is 15.1. The average Bonchev–Trinajstić information content (AvgIpc) is 2.30. The van der Waals surface area contributed by atoms with Gasteiger partial charge in [-0.25, -0.2) is 0 Å². The van der Waals surface area contributed by atoms with Gasteiger partial charge in [0.25, 0.3) is 0 Å². The third-order valence-corrected chi connectivity index (χ3v) is 2.61. The number of hydrogen-bond donors (Lipinski definition) is 2. The Bertz CT molecular complexity index is 483. The molecule has 0 aliphatic rings. The number of alkyl halides is 3. The molecule has 0 radical (unpaired) electrons. The molecule has 19 heavy (non-hydrogen) atoms. The highest BCUT2D eigenvalue weighted by molar-refractivity contribution is 5.82. The van der Waals surface area contributed by atoms with E-state index in [0.29, 0.717) is 17.5 Å². The van der Waals surface area contributed by atoms with E-state index in [0.717, 1.165) is 0 Å². The van der Waals surface area contributed by atoms with Gasteiger partial charge in [0.1, 0.15) is 5.75 Å². The van der Waals surface area contributed by atoms with Crippen LogP contribution in [-0.4, -0.2) is 17.2 Å². The van der Waals surface area contributed by atoms with Crippen molar-refractivity contribution < 1.29 is 23.1 Å². The topological polar surface area (TPSA) is 49.3 Å². The third kappa shape index (κ3) is 3.74. The predicted molar refractivity (Wildman–Crippen MR) is 64.6 cm³/mol. The van der Waals surface area contributed by atoms with Gasteiger partial charge in [-0.05, 0) is 25.0 Å². The SMILES string of the molecule is C=CCc1c(O)cccc1[C@@H](C)NC(=O)C(F)(F)F. The lowest BCUT2D eigenvalue weighted by molar-refractivity contribution is -0.174. The summed E-state index contributed by atoms with van der Waals surface area (Å²) in [6.07, 6.45) is -3.10. The number of phenolic OH excluding ortho intramolecular Hbond substituents is 1. The lowest BCUT2D eigenvalue weighted by atomic mass is 9.98. The van der Waals surface area contributed by atoms with Crippen molar-refractivity contribution in [1.82, 2.24) is 5.32 Å². The fourth-order valence-electron chi connectivity index (χ4n) is 1.72. The van der Waals surface area contributed by atoms with E-state index >= 15 is 0 Å². The van der Waals surface area contributed by atoms with Crippen LogP contribution in [0.4, 0.5) is 13.2 Å². The second-order valence-corrected chi connectivity index (χ2v) is 4.03. The Morgan fingerprint density at radius 3 is 2.68 bits per heavy atom. The Morgan fingerprint density at radius 2 is 2.16 bits per heavy atom. The van der Waals surface area contributed by atoms with Gasteiger partial charge in [0.05, 0.1) is 6.04 Å². The maximum absolute atomic E-state index is 12.2. The Hall–Kier alpha value is -1.98. The Labute approximate surface area is 108 Å². The number of aromatic hydroxyl groups is 1. The van der Waals surface area contributed by atoms with Crippen LogP contribution >= 0.6 is 0 Å². The molecule has 0 aliphatic carbocycles. The first-order chi connectivity index (χ1) is 8.77. The zero-order valence-corrected chi connectivity index (χ0v) is 10.3. The summed E-state index contributed by atoms with van der Waals surface area (Å²) in [4.78, 5) is 10.9. The zero-order chi connectivity index (χ0) is 14.6. The quantitative estimate of drug-likeness (QED) is 0.829. The first-order valence-electron chi connectivity index (χ1n) is 5.56. The molecule has 1 amide bonds. The number of rotatable bonds is 4. The summed E-state index contributed by atoms with van der Waals surface area (Å²) in [5, 5.41) is 11.5. The molecule has 0 bridgehead atoms. The monoisotopic (exact) mass is 273 g/mol. The molecule has 0 saturated carbocycles. The molecule has 0 unspecified atom stereocenters. The molecule has 1 aromatic rings. The maximum Gasteiger partial charge on any atom is 0.471 e. The lowest BCUT2D eigenvalue weighted by Crippen LogP contribution is -2.38. The molecule has 1 rings (SSSR count). The lowest BCUT2D eigenvalue weighted by Gasteiger charge is -2.19. The van der Waals surface area contributed by atoms with Crippen molar-refractivity contribution in [3.05, 3.63) is 42.0 Å². The van der Waals surface area contributed by atoms with Crippen molar-refractivity contribution in [2.24, 2.45) is 0 Å². The predicted octanol–water partition coefficient (Wildman–Crippen LogP) is 2.86. The normalized spacial score (nSPS) is 12.8. The van der Waals surface area contributed by atoms with Crippen molar-refractivity contribution in [2.45, 2.75) is 25.6 Å². The smallest absolute Gasteiger partial charge is 0.471 e. The maximum atomic E-state index is 12.2. The van der Waals surface area contributed by atoms with Gasteiger partial charge in [-0.3, -0.25) is 4.79 Å². The van der Waals surface area contributed by atoms with Gasteiger partial charge in [0.15, 0.2) is 0 Å². The number of hydrogen-bond acceptors (Lipinski definition) is 2. The summed E-state index contributed by atoms with van der Waals surface area (Å²) in [6.45, 7) is 4.94. The third-order valence-electron chi connectivity index (χ3n) is 2.61. The summed E-state index contributed by atoms with van der Waals surface area (Å²) in [5.41, 5.74) is 0.880. The number of halogens is 3. The van der Waals surface area contributed by atoms with E-state index in [-0.39, 0.29) is 5.75 Å². The van der Waals surface area contributed by atoms with E-state index in [1.807, 2.05) is 5.32 Å². The summed E-state index contributed by atoms with van der Waals surface area (Å²) in [6, 6.07) is 3.63. The van der Waals surface area contributed by atoms with E-state index in [2.05, 4.69) is 6.58 Å². The number of carbonyl (C=O) groups excluding carboxylic acids is 1. The zero-order valence-electron chi connectivity index (χ0n) is 10.3. The molecule has 2 N–H and O–H groups in total. The van der Waals surface area contributed by atoms with Crippen LogP contribution in [0.25, 0.3) is 0 Å². The molecule has 1 atom stereocenters. The number of nitrogens with one attached hydrogen (secondary N) is 1. The van der Waals surface area contributed by atoms with Crippen LogP contribution in [-0.2, 0) is 11.2 Å². The molecule has 6 heteroatoms. The highest BCUT2D eigenvalue weighted by Crippen LogP contribution is 2.27. The van der Waals surface area contributed by atoms with Crippen molar-refractivity contribution in [2.75, 3.05) is 0 Å². The van der Waals surface area contributed by atoms with Crippen LogP contribution in [0.5, 0.6) is 5.75 Å². The van der Waals surface area contributed by atoms with Gasteiger partial charge in [-0.2, -0.15) is 13.2 Å². The molecule has 104 valence electrons. The van der Waals surface area contributed by atoms with Crippen LogP contribution in [0.3, 0.4) is 0 Å². The number of phenols is 1. The molecule has 0 aromatic heterocycles. The summed E-state index contributed by atoms with van der Waals surface area (Å²) >= 11 is 0. The van der Waals surface area contributed by atoms with E-state index in [1.165, 1.54) is 25.1 Å². The molecule has 0 fully saturated rings. The average molecular weight is 273 g/mol. The van der Waals surface area contributed by atoms with Crippen molar-refractivity contribution in [1.29, 1.82) is 0 Å².